The molecule has 9 nitrogen and oxygen atoms in total. The minimum Gasteiger partial charge on any atom is -0.383 e. The van der Waals surface area contributed by atoms with Crippen molar-refractivity contribution >= 4 is 5.91 Å². The second-order valence-corrected chi connectivity index (χ2v) is 6.68. The van der Waals surface area contributed by atoms with Gasteiger partial charge >= 0.3 is 0 Å². The van der Waals surface area contributed by atoms with Gasteiger partial charge in [-0.2, -0.15) is 4.98 Å². The maximum atomic E-state index is 12.3. The smallest absolute Gasteiger partial charge is 0.274 e. The fourth-order valence-electron chi connectivity index (χ4n) is 3.51. The monoisotopic (exact) mass is 358 g/mol. The van der Waals surface area contributed by atoms with Crippen molar-refractivity contribution in [3.05, 3.63) is 36.0 Å². The standard InChI is InChI=1S/C17H22N6O3/c1-25-8-7-22-6-2-3-14(22)16-20-15(21-26-16)12-10-23(11-12)17(24)13-9-18-4-5-19-13/h4-5,9,12,14H,2-3,6-8,10-11H2,1H3. The van der Waals surface area contributed by atoms with Gasteiger partial charge in [0.25, 0.3) is 5.91 Å². The molecule has 2 aliphatic rings. The van der Waals surface area contributed by atoms with Crippen LogP contribution in [-0.2, 0) is 4.74 Å². The molecule has 2 aliphatic heterocycles. The molecule has 1 unspecified atom stereocenters. The highest BCUT2D eigenvalue weighted by Gasteiger charge is 2.37. The van der Waals surface area contributed by atoms with Crippen LogP contribution in [0.5, 0.6) is 0 Å². The number of nitrogens with zero attached hydrogens (tertiary/aromatic N) is 6. The summed E-state index contributed by atoms with van der Waals surface area (Å²) in [6.07, 6.45) is 6.70. The zero-order valence-corrected chi connectivity index (χ0v) is 14.7. The lowest BCUT2D eigenvalue weighted by Crippen LogP contribution is -2.49. The fraction of sp³-hybridized carbons (Fsp3) is 0.588. The molecule has 0 radical (unpaired) electrons. The van der Waals surface area contributed by atoms with Crippen molar-refractivity contribution in [3.63, 3.8) is 0 Å². The zero-order chi connectivity index (χ0) is 17.9. The molecule has 4 heterocycles. The summed E-state index contributed by atoms with van der Waals surface area (Å²) in [4.78, 5) is 29.0. The Morgan fingerprint density at radius 2 is 2.27 bits per heavy atom. The van der Waals surface area contributed by atoms with Gasteiger partial charge in [0, 0.05) is 39.1 Å². The van der Waals surface area contributed by atoms with Gasteiger partial charge in [-0.3, -0.25) is 14.7 Å². The molecular weight excluding hydrogens is 336 g/mol. The van der Waals surface area contributed by atoms with Crippen molar-refractivity contribution in [1.82, 2.24) is 29.9 Å². The fourth-order valence-corrected chi connectivity index (χ4v) is 3.51. The van der Waals surface area contributed by atoms with Gasteiger partial charge in [0.15, 0.2) is 5.82 Å². The molecule has 4 rings (SSSR count). The zero-order valence-electron chi connectivity index (χ0n) is 14.7. The van der Waals surface area contributed by atoms with E-state index in [1.807, 2.05) is 0 Å². The van der Waals surface area contributed by atoms with Gasteiger partial charge in [-0.1, -0.05) is 5.16 Å². The van der Waals surface area contributed by atoms with Gasteiger partial charge in [0.2, 0.25) is 5.89 Å². The van der Waals surface area contributed by atoms with Gasteiger partial charge in [0.1, 0.15) is 5.69 Å². The quantitative estimate of drug-likeness (QED) is 0.751. The third-order valence-electron chi connectivity index (χ3n) is 5.00. The van der Waals surface area contributed by atoms with Crippen molar-refractivity contribution in [1.29, 1.82) is 0 Å². The third kappa shape index (κ3) is 3.32. The van der Waals surface area contributed by atoms with Crippen LogP contribution >= 0.6 is 0 Å². The Morgan fingerprint density at radius 1 is 1.38 bits per heavy atom. The molecule has 0 bridgehead atoms. The molecule has 0 spiro atoms. The number of carbonyl (C=O) groups is 1. The topological polar surface area (TPSA) is 97.5 Å². The molecule has 2 saturated heterocycles. The highest BCUT2D eigenvalue weighted by atomic mass is 16.5. The normalized spacial score (nSPS) is 21.1. The lowest BCUT2D eigenvalue weighted by atomic mass is 9.99. The maximum Gasteiger partial charge on any atom is 0.274 e. The number of methoxy groups -OCH3 is 1. The lowest BCUT2D eigenvalue weighted by molar-refractivity contribution is 0.0585. The first-order valence-electron chi connectivity index (χ1n) is 8.88. The molecule has 0 saturated carbocycles. The molecule has 26 heavy (non-hydrogen) atoms. The molecule has 0 N–H and O–H groups in total. The van der Waals surface area contributed by atoms with Crippen molar-refractivity contribution < 1.29 is 14.1 Å². The summed E-state index contributed by atoms with van der Waals surface area (Å²) >= 11 is 0. The number of amides is 1. The van der Waals surface area contributed by atoms with Crippen LogP contribution in [0.15, 0.2) is 23.1 Å². The van der Waals surface area contributed by atoms with E-state index in [4.69, 9.17) is 9.26 Å². The van der Waals surface area contributed by atoms with Crippen LogP contribution in [0.1, 0.15) is 47.0 Å². The first-order chi connectivity index (χ1) is 12.8. The van der Waals surface area contributed by atoms with Crippen LogP contribution in [0.2, 0.25) is 0 Å². The largest absolute Gasteiger partial charge is 0.383 e. The van der Waals surface area contributed by atoms with Gasteiger partial charge in [-0.25, -0.2) is 4.98 Å². The number of hydrogen-bond donors (Lipinski definition) is 0. The average molecular weight is 358 g/mol. The number of carbonyl (C=O) groups excluding carboxylic acids is 1. The van der Waals surface area contributed by atoms with Crippen LogP contribution in [0.3, 0.4) is 0 Å². The molecule has 0 aliphatic carbocycles. The summed E-state index contributed by atoms with van der Waals surface area (Å²) in [6.45, 7) is 3.73. The van der Waals surface area contributed by atoms with Crippen LogP contribution < -0.4 is 0 Å². The van der Waals surface area contributed by atoms with E-state index in [0.29, 0.717) is 37.1 Å². The summed E-state index contributed by atoms with van der Waals surface area (Å²) < 4.78 is 10.7. The van der Waals surface area contributed by atoms with E-state index in [1.54, 1.807) is 18.2 Å². The molecular formula is C17H22N6O3. The molecule has 1 amide bonds. The summed E-state index contributed by atoms with van der Waals surface area (Å²) in [6, 6.07) is 0.170. The van der Waals surface area contributed by atoms with Crippen LogP contribution in [0, 0.1) is 0 Å². The lowest BCUT2D eigenvalue weighted by Gasteiger charge is -2.37. The number of likely N-dealkylation sites (tertiary alicyclic amines) is 2. The number of rotatable bonds is 6. The second-order valence-electron chi connectivity index (χ2n) is 6.68. The Balaban J connectivity index is 1.35. The predicted octanol–water partition coefficient (Wildman–Crippen LogP) is 0.882. The Hall–Kier alpha value is -2.39. The Labute approximate surface area is 151 Å². The van der Waals surface area contributed by atoms with Crippen molar-refractivity contribution in [2.24, 2.45) is 0 Å². The van der Waals surface area contributed by atoms with Crippen molar-refractivity contribution in [2.75, 3.05) is 39.9 Å². The van der Waals surface area contributed by atoms with Crippen molar-refractivity contribution in [3.8, 4) is 0 Å². The molecule has 138 valence electrons. The number of hydrogen-bond acceptors (Lipinski definition) is 8. The molecule has 9 heteroatoms. The van der Waals surface area contributed by atoms with Crippen LogP contribution in [0.25, 0.3) is 0 Å². The van der Waals surface area contributed by atoms with E-state index in [0.717, 1.165) is 25.9 Å². The molecule has 2 aromatic heterocycles. The maximum absolute atomic E-state index is 12.3. The van der Waals surface area contributed by atoms with Crippen molar-refractivity contribution in [2.45, 2.75) is 24.8 Å². The molecule has 1 atom stereocenters. The third-order valence-corrected chi connectivity index (χ3v) is 5.00. The summed E-state index contributed by atoms with van der Waals surface area (Å²) in [7, 11) is 1.71. The molecule has 2 aromatic rings. The van der Waals surface area contributed by atoms with E-state index in [1.165, 1.54) is 12.4 Å². The van der Waals surface area contributed by atoms with Crippen LogP contribution in [0.4, 0.5) is 0 Å². The van der Waals surface area contributed by atoms with Gasteiger partial charge in [0.05, 0.1) is 24.8 Å². The Morgan fingerprint density at radius 3 is 3.04 bits per heavy atom. The van der Waals surface area contributed by atoms with E-state index >= 15 is 0 Å². The average Bonchev–Trinajstić information content (AvgIpc) is 3.28. The minimum absolute atomic E-state index is 0.111. The summed E-state index contributed by atoms with van der Waals surface area (Å²) in [5, 5.41) is 4.15. The van der Waals surface area contributed by atoms with Gasteiger partial charge in [-0.05, 0) is 19.4 Å². The molecule has 0 aromatic carbocycles. The van der Waals surface area contributed by atoms with E-state index in [-0.39, 0.29) is 17.9 Å². The summed E-state index contributed by atoms with van der Waals surface area (Å²) in [5.41, 5.74) is 0.361. The first-order valence-corrected chi connectivity index (χ1v) is 8.88. The second kappa shape index (κ2) is 7.46. The minimum atomic E-state index is -0.111. The van der Waals surface area contributed by atoms with Gasteiger partial charge < -0.3 is 14.2 Å². The number of ether oxygens (including phenoxy) is 1. The van der Waals surface area contributed by atoms with Crippen LogP contribution in [-0.4, -0.2) is 75.7 Å². The van der Waals surface area contributed by atoms with E-state index < -0.39 is 0 Å². The SMILES string of the molecule is COCCN1CCCC1c1nc(C2CN(C(=O)c3cnccn3)C2)no1. The Bertz CT molecular complexity index is 746. The molecule has 2 fully saturated rings. The highest BCUT2D eigenvalue weighted by molar-refractivity contribution is 5.92. The Kier molecular flexibility index (Phi) is 4.89. The highest BCUT2D eigenvalue weighted by Crippen LogP contribution is 2.32. The predicted molar refractivity (Wildman–Crippen MR) is 90.4 cm³/mol. The van der Waals surface area contributed by atoms with E-state index in [2.05, 4.69) is 25.0 Å². The van der Waals surface area contributed by atoms with E-state index in [9.17, 15) is 4.79 Å². The first kappa shape index (κ1) is 17.0. The summed E-state index contributed by atoms with van der Waals surface area (Å²) in [5.74, 6) is 1.36. The van der Waals surface area contributed by atoms with Gasteiger partial charge in [-0.15, -0.1) is 0 Å². The number of aromatic nitrogens is 4.